The molecule has 31 heavy (non-hydrogen) atoms. The van der Waals surface area contributed by atoms with E-state index in [0.717, 1.165) is 17.7 Å². The Labute approximate surface area is 182 Å². The second-order valence-corrected chi connectivity index (χ2v) is 7.44. The standard InChI is InChI=1S/C23H31FN6O/c1-5-6-18(25)11-22(23(26)15(4)30-27)31-13-21-19(24)9-17(12-29-21)16-7-8-28-20(10-16)14(2)3/h7-12,14,30H,4-6,13,25-27H2,1-3H3/b18-11+,23-22-. The van der Waals surface area contributed by atoms with Crippen molar-refractivity contribution in [2.45, 2.75) is 46.1 Å². The number of rotatable bonds is 10. The van der Waals surface area contributed by atoms with Crippen LogP contribution in [-0.4, -0.2) is 9.97 Å². The van der Waals surface area contributed by atoms with E-state index in [-0.39, 0.29) is 35.4 Å². The van der Waals surface area contributed by atoms with Crippen LogP contribution >= 0.6 is 0 Å². The van der Waals surface area contributed by atoms with Gasteiger partial charge in [0.05, 0.1) is 11.4 Å². The van der Waals surface area contributed by atoms with E-state index < -0.39 is 5.82 Å². The Morgan fingerprint density at radius 2 is 2.00 bits per heavy atom. The predicted molar refractivity (Wildman–Crippen MR) is 121 cm³/mol. The van der Waals surface area contributed by atoms with Gasteiger partial charge in [-0.15, -0.1) is 0 Å². The molecule has 0 saturated heterocycles. The number of aromatic nitrogens is 2. The van der Waals surface area contributed by atoms with E-state index >= 15 is 0 Å². The van der Waals surface area contributed by atoms with E-state index in [2.05, 4.69) is 35.8 Å². The van der Waals surface area contributed by atoms with Crippen LogP contribution in [0.1, 0.15) is 50.9 Å². The summed E-state index contributed by atoms with van der Waals surface area (Å²) in [7, 11) is 0. The smallest absolute Gasteiger partial charge is 0.148 e. The summed E-state index contributed by atoms with van der Waals surface area (Å²) in [4.78, 5) is 8.58. The van der Waals surface area contributed by atoms with Gasteiger partial charge in [-0.2, -0.15) is 0 Å². The summed E-state index contributed by atoms with van der Waals surface area (Å²) in [5.74, 6) is 5.41. The molecule has 0 amide bonds. The van der Waals surface area contributed by atoms with Crippen molar-refractivity contribution in [3.63, 3.8) is 0 Å². The third-order valence-electron chi connectivity index (χ3n) is 4.61. The van der Waals surface area contributed by atoms with Gasteiger partial charge < -0.3 is 21.6 Å². The number of hydrogen-bond donors (Lipinski definition) is 4. The van der Waals surface area contributed by atoms with Crippen LogP contribution in [0.15, 0.2) is 66.1 Å². The Kier molecular flexibility index (Phi) is 8.57. The minimum absolute atomic E-state index is 0.135. The van der Waals surface area contributed by atoms with Crippen molar-refractivity contribution in [3.05, 3.63) is 83.3 Å². The van der Waals surface area contributed by atoms with E-state index in [4.69, 9.17) is 22.0 Å². The molecule has 2 rings (SSSR count). The maximum atomic E-state index is 14.8. The average molecular weight is 427 g/mol. The topological polar surface area (TPSA) is 125 Å². The summed E-state index contributed by atoms with van der Waals surface area (Å²) in [5.41, 5.74) is 18.0. The van der Waals surface area contributed by atoms with Gasteiger partial charge in [-0.05, 0) is 36.1 Å². The molecule has 0 aliphatic heterocycles. The van der Waals surface area contributed by atoms with Crippen molar-refractivity contribution in [3.8, 4) is 11.1 Å². The van der Waals surface area contributed by atoms with E-state index in [9.17, 15) is 4.39 Å². The third kappa shape index (κ3) is 6.55. The second kappa shape index (κ2) is 11.1. The Bertz CT molecular complexity index is 984. The molecule has 0 unspecified atom stereocenters. The minimum atomic E-state index is -0.486. The zero-order valence-electron chi connectivity index (χ0n) is 18.3. The lowest BCUT2D eigenvalue weighted by Crippen LogP contribution is -2.25. The average Bonchev–Trinajstić information content (AvgIpc) is 2.76. The van der Waals surface area contributed by atoms with Crippen LogP contribution in [-0.2, 0) is 11.3 Å². The van der Waals surface area contributed by atoms with Gasteiger partial charge in [-0.3, -0.25) is 15.8 Å². The molecule has 166 valence electrons. The molecule has 0 aliphatic carbocycles. The van der Waals surface area contributed by atoms with Crippen molar-refractivity contribution in [1.29, 1.82) is 0 Å². The van der Waals surface area contributed by atoms with Gasteiger partial charge in [0.25, 0.3) is 0 Å². The highest BCUT2D eigenvalue weighted by molar-refractivity contribution is 5.62. The van der Waals surface area contributed by atoms with Gasteiger partial charge in [0.15, 0.2) is 0 Å². The lowest BCUT2D eigenvalue weighted by Gasteiger charge is -2.14. The molecular weight excluding hydrogens is 395 g/mol. The molecule has 2 aromatic rings. The van der Waals surface area contributed by atoms with E-state index in [1.165, 1.54) is 6.07 Å². The van der Waals surface area contributed by atoms with Gasteiger partial charge >= 0.3 is 0 Å². The summed E-state index contributed by atoms with van der Waals surface area (Å²) in [5, 5.41) is 0. The molecule has 0 fully saturated rings. The van der Waals surface area contributed by atoms with E-state index in [1.807, 2.05) is 19.1 Å². The van der Waals surface area contributed by atoms with Crippen molar-refractivity contribution < 1.29 is 9.13 Å². The van der Waals surface area contributed by atoms with Crippen LogP contribution < -0.4 is 22.7 Å². The van der Waals surface area contributed by atoms with Crippen LogP contribution in [0, 0.1) is 5.82 Å². The number of hydrazine groups is 1. The number of allylic oxidation sites excluding steroid dienone is 2. The van der Waals surface area contributed by atoms with Crippen molar-refractivity contribution in [1.82, 2.24) is 15.4 Å². The second-order valence-electron chi connectivity index (χ2n) is 7.44. The van der Waals surface area contributed by atoms with Crippen molar-refractivity contribution in [2.75, 3.05) is 0 Å². The third-order valence-corrected chi connectivity index (χ3v) is 4.61. The summed E-state index contributed by atoms with van der Waals surface area (Å²) in [6.07, 6.45) is 6.43. The highest BCUT2D eigenvalue weighted by Gasteiger charge is 2.12. The first-order valence-electron chi connectivity index (χ1n) is 10.1. The maximum Gasteiger partial charge on any atom is 0.148 e. The molecule has 0 aromatic carbocycles. The number of ether oxygens (including phenoxy) is 1. The number of pyridine rings is 2. The molecule has 8 heteroatoms. The van der Waals surface area contributed by atoms with Gasteiger partial charge in [0.1, 0.15) is 23.9 Å². The number of nitrogens with zero attached hydrogens (tertiary/aromatic N) is 2. The van der Waals surface area contributed by atoms with Crippen molar-refractivity contribution in [2.24, 2.45) is 17.3 Å². The lowest BCUT2D eigenvalue weighted by molar-refractivity contribution is 0.199. The quantitative estimate of drug-likeness (QED) is 0.197. The molecule has 0 radical (unpaired) electrons. The van der Waals surface area contributed by atoms with Crippen LogP contribution in [0.25, 0.3) is 11.1 Å². The fourth-order valence-corrected chi connectivity index (χ4v) is 2.77. The molecule has 2 aromatic heterocycles. The first kappa shape index (κ1) is 23.9. The Balaban J connectivity index is 2.26. The lowest BCUT2D eigenvalue weighted by atomic mass is 10.0. The fourth-order valence-electron chi connectivity index (χ4n) is 2.77. The maximum absolute atomic E-state index is 14.8. The van der Waals surface area contributed by atoms with Gasteiger partial charge in [-0.25, -0.2) is 4.39 Å². The molecular formula is C23H31FN6O. The predicted octanol–water partition coefficient (Wildman–Crippen LogP) is 3.71. The number of halogens is 1. The molecule has 0 spiro atoms. The first-order chi connectivity index (χ1) is 14.8. The summed E-state index contributed by atoms with van der Waals surface area (Å²) in [6.45, 7) is 9.70. The number of nitrogens with one attached hydrogen (secondary N) is 1. The summed E-state index contributed by atoms with van der Waals surface area (Å²) >= 11 is 0. The van der Waals surface area contributed by atoms with Gasteiger partial charge in [0.2, 0.25) is 0 Å². The normalized spacial score (nSPS) is 12.5. The number of hydrogen-bond acceptors (Lipinski definition) is 7. The summed E-state index contributed by atoms with van der Waals surface area (Å²) < 4.78 is 20.5. The van der Waals surface area contributed by atoms with Gasteiger partial charge in [-0.1, -0.05) is 33.8 Å². The van der Waals surface area contributed by atoms with Crippen LogP contribution in [0.3, 0.4) is 0 Å². The number of nitrogens with two attached hydrogens (primary N) is 3. The van der Waals surface area contributed by atoms with Crippen molar-refractivity contribution >= 4 is 0 Å². The molecule has 2 heterocycles. The largest absolute Gasteiger partial charge is 0.485 e. The van der Waals surface area contributed by atoms with Gasteiger partial charge in [0, 0.05) is 35.4 Å². The first-order valence-corrected chi connectivity index (χ1v) is 10.1. The molecule has 7 N–H and O–H groups in total. The highest BCUT2D eigenvalue weighted by atomic mass is 19.1. The molecule has 7 nitrogen and oxygen atoms in total. The van der Waals surface area contributed by atoms with Crippen LogP contribution in [0.5, 0.6) is 0 Å². The molecule has 0 bridgehead atoms. The van der Waals surface area contributed by atoms with E-state index in [0.29, 0.717) is 17.7 Å². The fraction of sp³-hybridized carbons (Fsp3) is 0.304. The van der Waals surface area contributed by atoms with Crippen LogP contribution in [0.2, 0.25) is 0 Å². The van der Waals surface area contributed by atoms with Crippen LogP contribution in [0.4, 0.5) is 4.39 Å². The molecule has 0 aliphatic rings. The zero-order valence-corrected chi connectivity index (χ0v) is 18.3. The molecule has 0 atom stereocenters. The minimum Gasteiger partial charge on any atom is -0.485 e. The SMILES string of the molecule is C=C(NN)/C(N)=C(\C=C(\N)CCC)OCc1ncc(-c2ccnc(C(C)C)c2)cc1F. The molecule has 0 saturated carbocycles. The Morgan fingerprint density at radius 3 is 2.61 bits per heavy atom. The van der Waals surface area contributed by atoms with E-state index in [1.54, 1.807) is 18.5 Å². The Hall–Kier alpha value is -3.39. The Morgan fingerprint density at radius 1 is 1.26 bits per heavy atom. The highest BCUT2D eigenvalue weighted by Crippen LogP contribution is 2.24. The monoisotopic (exact) mass is 426 g/mol. The summed E-state index contributed by atoms with van der Waals surface area (Å²) in [6, 6.07) is 5.19. The zero-order chi connectivity index (χ0) is 23.0.